The fourth-order valence-electron chi connectivity index (χ4n) is 3.72. The number of aliphatic hydroxyl groups is 1. The first-order valence-corrected chi connectivity index (χ1v) is 12.5. The third kappa shape index (κ3) is 7.54. The molecular weight excluding hydrogens is 563 g/mol. The lowest BCUT2D eigenvalue weighted by molar-refractivity contribution is -0.157. The van der Waals surface area contributed by atoms with Gasteiger partial charge >= 0.3 is 11.8 Å². The standard InChI is InChI=1S/C27H24ClFN4O8/c1-14(34)21-10-22(31-30-21)25(36)32-33(12-23(35)26(37)39-13-24-15(2)40-27(38)41-24)11-16-3-5-17(6-4-16)19-9-18(28)7-8-20(19)29/h3-10,23,35H,11-13H2,1-2H3,(H,30,31)(H,32,36). The molecule has 1 amide bonds. The van der Waals surface area contributed by atoms with Crippen LogP contribution in [0.5, 0.6) is 0 Å². The number of H-pyrrole nitrogens is 1. The van der Waals surface area contributed by atoms with Gasteiger partial charge in [0.2, 0.25) is 0 Å². The molecule has 4 aromatic rings. The average Bonchev–Trinajstić information content (AvgIpc) is 3.55. The first-order chi connectivity index (χ1) is 19.5. The molecule has 0 fully saturated rings. The zero-order valence-electron chi connectivity index (χ0n) is 21.8. The van der Waals surface area contributed by atoms with Gasteiger partial charge in [-0.2, -0.15) is 5.10 Å². The molecule has 2 heterocycles. The van der Waals surface area contributed by atoms with E-state index in [0.29, 0.717) is 21.7 Å². The van der Waals surface area contributed by atoms with E-state index < -0.39 is 42.8 Å². The minimum Gasteiger partial charge on any atom is -0.455 e. The van der Waals surface area contributed by atoms with Gasteiger partial charge in [0.25, 0.3) is 5.91 Å². The molecule has 3 N–H and O–H groups in total. The van der Waals surface area contributed by atoms with Crippen LogP contribution in [0.4, 0.5) is 4.39 Å². The predicted octanol–water partition coefficient (Wildman–Crippen LogP) is 3.18. The maximum Gasteiger partial charge on any atom is 0.519 e. The Morgan fingerprint density at radius 2 is 1.90 bits per heavy atom. The van der Waals surface area contributed by atoms with Crippen LogP contribution in [0, 0.1) is 12.7 Å². The number of Topliss-reactive ketones (excluding diaryl/α,β-unsaturated/α-hetero) is 1. The number of esters is 1. The number of aryl methyl sites for hydroxylation is 1. The summed E-state index contributed by atoms with van der Waals surface area (Å²) in [6.45, 7) is 1.86. The first kappa shape index (κ1) is 29.4. The van der Waals surface area contributed by atoms with Crippen molar-refractivity contribution in [2.24, 2.45) is 0 Å². The molecule has 0 spiro atoms. The molecule has 0 saturated carbocycles. The summed E-state index contributed by atoms with van der Waals surface area (Å²) in [4.78, 5) is 48.0. The van der Waals surface area contributed by atoms with Crippen molar-refractivity contribution >= 4 is 29.3 Å². The van der Waals surface area contributed by atoms with Gasteiger partial charge in [-0.1, -0.05) is 35.9 Å². The molecule has 0 aliphatic carbocycles. The smallest absolute Gasteiger partial charge is 0.455 e. The van der Waals surface area contributed by atoms with E-state index in [-0.39, 0.29) is 35.2 Å². The second kappa shape index (κ2) is 12.7. The first-order valence-electron chi connectivity index (χ1n) is 12.1. The summed E-state index contributed by atoms with van der Waals surface area (Å²) in [6, 6.07) is 12.1. The van der Waals surface area contributed by atoms with Gasteiger partial charge in [-0.25, -0.2) is 19.0 Å². The minimum absolute atomic E-state index is 0.00218. The summed E-state index contributed by atoms with van der Waals surface area (Å²) in [6.07, 6.45) is -1.73. The molecule has 2 aromatic heterocycles. The van der Waals surface area contributed by atoms with Crippen LogP contribution in [0.2, 0.25) is 5.02 Å². The third-order valence-electron chi connectivity index (χ3n) is 5.86. The number of aliphatic hydroxyl groups excluding tert-OH is 1. The fraction of sp³-hybridized carbons (Fsp3) is 0.222. The Kier molecular flexibility index (Phi) is 9.12. The number of halogens is 2. The summed E-state index contributed by atoms with van der Waals surface area (Å²) in [5, 5.41) is 18.4. The predicted molar refractivity (Wildman–Crippen MR) is 141 cm³/mol. The molecule has 1 atom stereocenters. The molecule has 4 rings (SSSR count). The zero-order chi connectivity index (χ0) is 29.7. The number of nitrogens with zero attached hydrogens (tertiary/aromatic N) is 2. The second-order valence-electron chi connectivity index (χ2n) is 8.92. The number of ketones is 1. The molecule has 0 radical (unpaired) electrons. The Bertz CT molecular complexity index is 1630. The lowest BCUT2D eigenvalue weighted by atomic mass is 10.0. The summed E-state index contributed by atoms with van der Waals surface area (Å²) in [5.74, 6) is -3.41. The van der Waals surface area contributed by atoms with Gasteiger partial charge in [-0.15, -0.1) is 0 Å². The number of hydrogen-bond acceptors (Lipinski definition) is 10. The number of carbonyl (C=O) groups is 3. The molecule has 14 heteroatoms. The molecule has 41 heavy (non-hydrogen) atoms. The van der Waals surface area contributed by atoms with E-state index in [0.717, 1.165) is 0 Å². The van der Waals surface area contributed by atoms with Gasteiger partial charge in [0.05, 0.1) is 6.54 Å². The Hall–Kier alpha value is -4.59. The summed E-state index contributed by atoms with van der Waals surface area (Å²) < 4.78 is 28.8. The number of ether oxygens (including phenoxy) is 1. The summed E-state index contributed by atoms with van der Waals surface area (Å²) >= 11 is 6.00. The number of aromatic amines is 1. The van der Waals surface area contributed by atoms with Crippen LogP contribution >= 0.6 is 11.6 Å². The van der Waals surface area contributed by atoms with E-state index in [9.17, 15) is 28.7 Å². The fourth-order valence-corrected chi connectivity index (χ4v) is 3.90. The minimum atomic E-state index is -1.73. The molecule has 2 aromatic carbocycles. The Morgan fingerprint density at radius 3 is 2.54 bits per heavy atom. The molecule has 12 nitrogen and oxygen atoms in total. The highest BCUT2D eigenvalue weighted by Crippen LogP contribution is 2.26. The van der Waals surface area contributed by atoms with Gasteiger partial charge in [-0.05, 0) is 42.3 Å². The molecule has 0 aliphatic rings. The van der Waals surface area contributed by atoms with Crippen LogP contribution < -0.4 is 11.2 Å². The number of hydrazine groups is 1. The summed E-state index contributed by atoms with van der Waals surface area (Å²) in [7, 11) is 0. The van der Waals surface area contributed by atoms with Crippen LogP contribution in [0.15, 0.2) is 62.2 Å². The SMILES string of the molecule is CC(=O)c1cc(C(=O)NN(Cc2ccc(-c3cc(Cl)ccc3F)cc2)CC(O)C(=O)OCc2oc(=O)oc2C)[nH]n1. The van der Waals surface area contributed by atoms with E-state index in [4.69, 9.17) is 25.2 Å². The number of benzene rings is 2. The maximum atomic E-state index is 14.3. The highest BCUT2D eigenvalue weighted by Gasteiger charge is 2.24. The van der Waals surface area contributed by atoms with E-state index in [2.05, 4.69) is 15.6 Å². The molecule has 0 aliphatic heterocycles. The van der Waals surface area contributed by atoms with Crippen molar-refractivity contribution < 1.29 is 37.5 Å². The Balaban J connectivity index is 1.49. The molecule has 0 bridgehead atoms. The Morgan fingerprint density at radius 1 is 1.17 bits per heavy atom. The highest BCUT2D eigenvalue weighted by atomic mass is 35.5. The largest absolute Gasteiger partial charge is 0.519 e. The van der Waals surface area contributed by atoms with E-state index >= 15 is 0 Å². The number of aromatic nitrogens is 2. The number of carbonyl (C=O) groups excluding carboxylic acids is 3. The quantitative estimate of drug-likeness (QED) is 0.135. The second-order valence-corrected chi connectivity index (χ2v) is 9.36. The molecular formula is C27H24ClFN4O8. The van der Waals surface area contributed by atoms with Crippen molar-refractivity contribution in [2.75, 3.05) is 6.54 Å². The van der Waals surface area contributed by atoms with Crippen LogP contribution in [-0.2, 0) is 22.7 Å². The topological polar surface area (TPSA) is 168 Å². The van der Waals surface area contributed by atoms with Crippen molar-refractivity contribution in [3.63, 3.8) is 0 Å². The van der Waals surface area contributed by atoms with E-state index in [1.165, 1.54) is 43.1 Å². The normalized spacial score (nSPS) is 11.9. The van der Waals surface area contributed by atoms with Crippen molar-refractivity contribution in [2.45, 2.75) is 33.1 Å². The average molecular weight is 587 g/mol. The Labute approximate surface area is 236 Å². The molecule has 0 saturated heterocycles. The van der Waals surface area contributed by atoms with Crippen molar-refractivity contribution in [3.8, 4) is 11.1 Å². The molecule has 1 unspecified atom stereocenters. The lowest BCUT2D eigenvalue weighted by Gasteiger charge is -2.25. The monoisotopic (exact) mass is 586 g/mol. The lowest BCUT2D eigenvalue weighted by Crippen LogP contribution is -2.47. The van der Waals surface area contributed by atoms with Crippen molar-refractivity contribution in [1.29, 1.82) is 0 Å². The number of rotatable bonds is 11. The highest BCUT2D eigenvalue weighted by molar-refractivity contribution is 6.30. The van der Waals surface area contributed by atoms with Crippen molar-refractivity contribution in [1.82, 2.24) is 20.6 Å². The van der Waals surface area contributed by atoms with Crippen molar-refractivity contribution in [3.05, 3.63) is 98.5 Å². The molecule has 214 valence electrons. The number of hydrogen-bond donors (Lipinski definition) is 3. The summed E-state index contributed by atoms with van der Waals surface area (Å²) in [5.41, 5.74) is 4.07. The third-order valence-corrected chi connectivity index (χ3v) is 6.09. The van der Waals surface area contributed by atoms with Crippen LogP contribution in [0.25, 0.3) is 11.1 Å². The maximum absolute atomic E-state index is 14.3. The zero-order valence-corrected chi connectivity index (χ0v) is 22.5. The van der Waals surface area contributed by atoms with Gasteiger partial charge < -0.3 is 18.7 Å². The van der Waals surface area contributed by atoms with Gasteiger partial charge in [-0.3, -0.25) is 20.1 Å². The van der Waals surface area contributed by atoms with E-state index in [1.807, 2.05) is 0 Å². The van der Waals surface area contributed by atoms with Gasteiger partial charge in [0, 0.05) is 24.1 Å². The van der Waals surface area contributed by atoms with Gasteiger partial charge in [0.1, 0.15) is 17.2 Å². The van der Waals surface area contributed by atoms with Crippen LogP contribution in [-0.4, -0.2) is 50.6 Å². The number of nitrogens with one attached hydrogen (secondary N) is 2. The number of amides is 1. The van der Waals surface area contributed by atoms with Gasteiger partial charge in [0.15, 0.2) is 30.0 Å². The van der Waals surface area contributed by atoms with E-state index in [1.54, 1.807) is 24.3 Å². The van der Waals surface area contributed by atoms with Crippen LogP contribution in [0.1, 0.15) is 45.0 Å². The van der Waals surface area contributed by atoms with Crippen LogP contribution in [0.3, 0.4) is 0 Å².